The highest BCUT2D eigenvalue weighted by Gasteiger charge is 2.52. The minimum Gasteiger partial charge on any atom is -0.780 e. The van der Waals surface area contributed by atoms with Crippen LogP contribution in [0, 0.1) is 0 Å². The molecule has 7 rings (SSSR count). The Hall–Kier alpha value is -3.29. The van der Waals surface area contributed by atoms with Gasteiger partial charge < -0.3 is 40.0 Å². The van der Waals surface area contributed by atoms with Crippen LogP contribution in [0.2, 0.25) is 0 Å². The molecule has 242 valence electrons. The number of aromatic amines is 1. The summed E-state index contributed by atoms with van der Waals surface area (Å²) >= 11 is 5.05. The molecule has 7 N–H and O–H groups in total. The molecule has 25 heteroatoms. The molecular weight excluding hydrogens is 668 g/mol. The van der Waals surface area contributed by atoms with E-state index in [4.69, 9.17) is 46.0 Å². The molecule has 0 spiro atoms. The molecule has 21 nitrogen and oxygen atoms in total. The normalized spacial score (nSPS) is 35.5. The summed E-state index contributed by atoms with van der Waals surface area (Å²) in [5.41, 5.74) is 10.8. The number of imidazole rings is 2. The Balaban J connectivity index is 1.17. The van der Waals surface area contributed by atoms with Gasteiger partial charge in [-0.1, -0.05) is 11.8 Å². The van der Waals surface area contributed by atoms with E-state index in [0.29, 0.717) is 0 Å². The minimum atomic E-state index is -4.75. The largest absolute Gasteiger partial charge is 0.780 e. The fraction of sp³-hybridized carbons (Fsp3) is 0.500. The van der Waals surface area contributed by atoms with E-state index in [1.165, 1.54) is 10.9 Å². The van der Waals surface area contributed by atoms with Gasteiger partial charge in [0.2, 0.25) is 5.95 Å². The van der Waals surface area contributed by atoms with Crippen molar-refractivity contribution in [3.63, 3.8) is 0 Å². The van der Waals surface area contributed by atoms with Crippen LogP contribution in [0.15, 0.2) is 23.8 Å². The minimum absolute atomic E-state index is 0.0544. The second-order valence-corrected chi connectivity index (χ2v) is 14.2. The van der Waals surface area contributed by atoms with Crippen LogP contribution in [-0.4, -0.2) is 102 Å². The van der Waals surface area contributed by atoms with Gasteiger partial charge in [0.15, 0.2) is 41.3 Å². The molecule has 0 aromatic carbocycles. The Morgan fingerprint density at radius 3 is 2.56 bits per heavy atom. The molecule has 7 heterocycles. The maximum atomic E-state index is 15.9. The van der Waals surface area contributed by atoms with E-state index in [9.17, 15) is 23.2 Å². The predicted octanol–water partition coefficient (Wildman–Crippen LogP) is -3.16. The first-order valence-corrected chi connectivity index (χ1v) is 16.9. The highest BCUT2D eigenvalue weighted by atomic mass is 32.5. The van der Waals surface area contributed by atoms with Gasteiger partial charge in [0.25, 0.3) is 5.56 Å². The number of H-pyrrole nitrogens is 1. The number of aliphatic hydroxyl groups is 1. The number of aromatic nitrogens is 8. The van der Waals surface area contributed by atoms with Gasteiger partial charge in [0, 0.05) is 6.54 Å². The smallest absolute Gasteiger partial charge is 0.336 e. The lowest BCUT2D eigenvalue weighted by atomic mass is 10.1. The monoisotopic (exact) mass is 690 g/mol. The van der Waals surface area contributed by atoms with Crippen molar-refractivity contribution in [2.24, 2.45) is 0 Å². The molecule has 0 bridgehead atoms. The number of fused-ring (bicyclic) bond motifs is 4. The predicted molar refractivity (Wildman–Crippen MR) is 148 cm³/mol. The van der Waals surface area contributed by atoms with Crippen LogP contribution >= 0.6 is 6.72 Å². The van der Waals surface area contributed by atoms with Gasteiger partial charge in [0.05, 0.1) is 19.3 Å². The lowest BCUT2D eigenvalue weighted by molar-refractivity contribution is -0.217. The van der Waals surface area contributed by atoms with Crippen LogP contribution in [0.5, 0.6) is 0 Å². The molecule has 4 aromatic rings. The molecule has 0 saturated carbocycles. The lowest BCUT2D eigenvalue weighted by Gasteiger charge is -2.34. The Morgan fingerprint density at radius 1 is 1.07 bits per heavy atom. The standard InChI is InChI=1S/C20H23FN11O10PS2/c21-8-12-7(40-18(8)32-5-27-10-16(32)29-20(23)30-17(10)34)2-38-43(35,44)41-13-6(1-28-45(36,37)42-12)39-19(11(13)33)31-4-26-9-14(22)24-3-25-15(9)31/h3-8,11-13,18-19,28,33H,1-2H2,(H,35,44)(H2,22,24,25)(H3,23,29,30,34)/p-1/t6-,7-,8-,11-,12-,13-,18-,19-,43?/m1/s1. The highest BCUT2D eigenvalue weighted by molar-refractivity contribution is 8.06. The fourth-order valence-electron chi connectivity index (χ4n) is 5.31. The Labute approximate surface area is 255 Å². The number of alkyl halides is 1. The van der Waals surface area contributed by atoms with Crippen LogP contribution in [-0.2, 0) is 44.8 Å². The number of ether oxygens (including phenoxy) is 2. The zero-order chi connectivity index (χ0) is 31.8. The van der Waals surface area contributed by atoms with Crippen LogP contribution in [0.4, 0.5) is 16.2 Å². The summed E-state index contributed by atoms with van der Waals surface area (Å²) in [7, 11) is -4.75. The van der Waals surface area contributed by atoms with Gasteiger partial charge in [-0.15, -0.1) is 0 Å². The highest BCUT2D eigenvalue weighted by Crippen LogP contribution is 2.47. The summed E-state index contributed by atoms with van der Waals surface area (Å²) in [6.07, 6.45) is -9.53. The zero-order valence-corrected chi connectivity index (χ0v) is 24.8. The third-order valence-electron chi connectivity index (χ3n) is 7.31. The summed E-state index contributed by atoms with van der Waals surface area (Å²) in [6, 6.07) is 0. The van der Waals surface area contributed by atoms with Crippen molar-refractivity contribution in [3.05, 3.63) is 29.3 Å². The molecule has 4 aromatic heterocycles. The van der Waals surface area contributed by atoms with E-state index >= 15 is 4.39 Å². The molecule has 45 heavy (non-hydrogen) atoms. The summed E-state index contributed by atoms with van der Waals surface area (Å²) in [5, 5.41) is 11.2. The van der Waals surface area contributed by atoms with E-state index in [1.54, 1.807) is 0 Å². The Morgan fingerprint density at radius 2 is 1.78 bits per heavy atom. The van der Waals surface area contributed by atoms with Crippen LogP contribution in [0.3, 0.4) is 0 Å². The van der Waals surface area contributed by atoms with Gasteiger partial charge in [-0.2, -0.15) is 18.1 Å². The third kappa shape index (κ3) is 5.36. The van der Waals surface area contributed by atoms with E-state index in [2.05, 4.69) is 34.6 Å². The first kappa shape index (κ1) is 30.4. The van der Waals surface area contributed by atoms with E-state index in [1.807, 2.05) is 0 Å². The quantitative estimate of drug-likeness (QED) is 0.130. The molecule has 3 saturated heterocycles. The molecule has 3 fully saturated rings. The zero-order valence-electron chi connectivity index (χ0n) is 22.3. The number of nitrogens with zero attached hydrogens (tertiary/aromatic N) is 7. The van der Waals surface area contributed by atoms with Gasteiger partial charge >= 0.3 is 10.3 Å². The average molecular weight is 691 g/mol. The lowest BCUT2D eigenvalue weighted by Crippen LogP contribution is -2.46. The number of hydrogen-bond acceptors (Lipinski definition) is 18. The number of hydrogen-bond donors (Lipinski definition) is 5. The fourth-order valence-corrected chi connectivity index (χ4v) is 7.69. The molecule has 0 aliphatic carbocycles. The third-order valence-corrected chi connectivity index (χ3v) is 9.85. The van der Waals surface area contributed by atoms with Crippen molar-refractivity contribution >= 4 is 62.9 Å². The Bertz CT molecular complexity index is 2010. The second-order valence-electron chi connectivity index (χ2n) is 10.1. The van der Waals surface area contributed by atoms with Crippen molar-refractivity contribution in [1.29, 1.82) is 0 Å². The summed E-state index contributed by atoms with van der Waals surface area (Å²) < 4.78 is 74.0. The number of nitrogens with two attached hydrogens (primary N) is 2. The van der Waals surface area contributed by atoms with Crippen molar-refractivity contribution in [1.82, 2.24) is 43.8 Å². The summed E-state index contributed by atoms with van der Waals surface area (Å²) in [5.74, 6) is -0.237. The van der Waals surface area contributed by atoms with Crippen LogP contribution in [0.25, 0.3) is 22.3 Å². The van der Waals surface area contributed by atoms with Gasteiger partial charge in [-0.3, -0.25) is 18.9 Å². The number of nitrogens with one attached hydrogen (secondary N) is 2. The van der Waals surface area contributed by atoms with Gasteiger partial charge in [-0.25, -0.2) is 28.5 Å². The van der Waals surface area contributed by atoms with E-state index < -0.39 is 84.9 Å². The number of anilines is 2. The number of aliphatic hydroxyl groups excluding tert-OH is 1. The molecular formula is C20H22FN11O10PS2-. The number of nitrogen functional groups attached to an aromatic ring is 2. The molecule has 9 atom stereocenters. The van der Waals surface area contributed by atoms with Crippen molar-refractivity contribution in [2.75, 3.05) is 24.6 Å². The number of rotatable bonds is 2. The van der Waals surface area contributed by atoms with Gasteiger partial charge in [-0.05, 0) is 0 Å². The summed E-state index contributed by atoms with van der Waals surface area (Å²) in [6.45, 7) is -5.89. The van der Waals surface area contributed by atoms with Crippen LogP contribution < -0.4 is 26.6 Å². The Kier molecular flexibility index (Phi) is 7.36. The van der Waals surface area contributed by atoms with Crippen molar-refractivity contribution in [2.45, 2.75) is 49.1 Å². The molecule has 3 aliphatic heterocycles. The summed E-state index contributed by atoms with van der Waals surface area (Å²) in [4.78, 5) is 47.7. The SMILES string of the molecule is Nc1nc2c(ncn2[C@@H]2O[C@@H]3COP([O-])(=S)O[C@H]4[C@@H](O)[C@H](n5cnc6c(N)ncnc65)O[C@@H]4CNS(=O)(=O)O[C@H]3[C@H]2F)c(=O)[nH]1. The molecule has 3 aliphatic rings. The molecule has 0 amide bonds. The maximum Gasteiger partial charge on any atom is 0.336 e. The topological polar surface area (TPSA) is 295 Å². The van der Waals surface area contributed by atoms with Crippen molar-refractivity contribution in [3.8, 4) is 0 Å². The van der Waals surface area contributed by atoms with Crippen LogP contribution in [0.1, 0.15) is 12.5 Å². The first-order valence-electron chi connectivity index (χ1n) is 12.9. The second kappa shape index (κ2) is 10.9. The van der Waals surface area contributed by atoms with Gasteiger partial charge in [0.1, 0.15) is 49.1 Å². The maximum absolute atomic E-state index is 15.9. The van der Waals surface area contributed by atoms with E-state index in [0.717, 1.165) is 17.2 Å². The number of halogens is 1. The van der Waals surface area contributed by atoms with E-state index in [-0.39, 0.29) is 34.1 Å². The average Bonchev–Trinajstić information content (AvgIpc) is 3.72. The first-order chi connectivity index (χ1) is 21.3. The molecule has 1 unspecified atom stereocenters. The molecule has 0 radical (unpaired) electrons. The van der Waals surface area contributed by atoms with Crippen molar-refractivity contribution < 1.29 is 45.5 Å².